The van der Waals surface area contributed by atoms with Gasteiger partial charge in [-0.25, -0.2) is 13.8 Å². The number of halogens is 2. The second kappa shape index (κ2) is 12.2. The minimum atomic E-state index is -1.05. The van der Waals surface area contributed by atoms with Crippen molar-refractivity contribution in [3.8, 4) is 23.3 Å². The van der Waals surface area contributed by atoms with Crippen LogP contribution in [-0.2, 0) is 17.6 Å². The van der Waals surface area contributed by atoms with Crippen LogP contribution in [0.4, 0.5) is 14.6 Å². The first-order valence-electron chi connectivity index (χ1n) is 14.9. The summed E-state index contributed by atoms with van der Waals surface area (Å²) in [7, 11) is 1.87. The van der Waals surface area contributed by atoms with Crippen molar-refractivity contribution >= 4 is 22.8 Å². The van der Waals surface area contributed by atoms with Gasteiger partial charge in [-0.2, -0.15) is 15.2 Å². The Labute approximate surface area is 249 Å². The van der Waals surface area contributed by atoms with Crippen molar-refractivity contribution in [1.29, 1.82) is 5.26 Å². The van der Waals surface area contributed by atoms with Gasteiger partial charge in [0.05, 0.1) is 29.6 Å². The Kier molecular flexibility index (Phi) is 8.21. The van der Waals surface area contributed by atoms with Crippen LogP contribution in [0.15, 0.2) is 42.7 Å². The van der Waals surface area contributed by atoms with Crippen molar-refractivity contribution in [1.82, 2.24) is 24.8 Å². The molecular weight excluding hydrogens is 552 g/mol. The van der Waals surface area contributed by atoms with Crippen LogP contribution in [-0.4, -0.2) is 88.7 Å². The van der Waals surface area contributed by atoms with Crippen LogP contribution in [0.25, 0.3) is 22.3 Å². The van der Waals surface area contributed by atoms with E-state index in [9.17, 15) is 18.8 Å². The molecule has 6 rings (SSSR count). The number of aromatic nitrogens is 3. The number of amides is 1. The maximum absolute atomic E-state index is 14.0. The lowest BCUT2D eigenvalue weighted by Crippen LogP contribution is -2.55. The fraction of sp³-hybridized carbons (Fsp3) is 0.469. The molecule has 1 aromatic carbocycles. The molecule has 0 bridgehead atoms. The van der Waals surface area contributed by atoms with Crippen LogP contribution in [0.2, 0.25) is 0 Å². The van der Waals surface area contributed by atoms with E-state index in [1.54, 1.807) is 0 Å². The van der Waals surface area contributed by atoms with Crippen molar-refractivity contribution in [3.05, 3.63) is 53.9 Å². The number of nitriles is 1. The summed E-state index contributed by atoms with van der Waals surface area (Å²) in [6, 6.07) is 11.9. The van der Waals surface area contributed by atoms with Gasteiger partial charge in [0.15, 0.2) is 11.5 Å². The molecule has 3 aliphatic rings. The molecule has 2 saturated heterocycles. The number of anilines is 1. The highest BCUT2D eigenvalue weighted by atomic mass is 19.1. The number of hydrogen-bond donors (Lipinski definition) is 0. The van der Waals surface area contributed by atoms with Crippen molar-refractivity contribution < 1.29 is 18.3 Å². The highest BCUT2D eigenvalue weighted by Gasteiger charge is 2.34. The topological polar surface area (TPSA) is 98.5 Å². The molecule has 2 aliphatic heterocycles. The Morgan fingerprint density at radius 2 is 1.95 bits per heavy atom. The maximum atomic E-state index is 14.0. The fourth-order valence-corrected chi connectivity index (χ4v) is 6.58. The normalized spacial score (nSPS) is 22.3. The average Bonchev–Trinajstić information content (AvgIpc) is 3.34. The van der Waals surface area contributed by atoms with Gasteiger partial charge >= 0.3 is 6.01 Å². The number of fused-ring (bicyclic) bond motifs is 2. The number of pyridine rings is 1. The molecule has 0 N–H and O–H groups in total. The second-order valence-electron chi connectivity index (χ2n) is 11.7. The minimum absolute atomic E-state index is 0.0296. The summed E-state index contributed by atoms with van der Waals surface area (Å²) in [4.78, 5) is 32.2. The Hall–Kier alpha value is -4.17. The van der Waals surface area contributed by atoms with Gasteiger partial charge in [-0.1, -0.05) is 24.8 Å². The fourth-order valence-electron chi connectivity index (χ4n) is 6.58. The van der Waals surface area contributed by atoms with E-state index in [1.165, 1.54) is 22.4 Å². The van der Waals surface area contributed by atoms with E-state index in [1.807, 2.05) is 29.0 Å². The van der Waals surface area contributed by atoms with Crippen LogP contribution in [0.5, 0.6) is 6.01 Å². The number of benzene rings is 1. The van der Waals surface area contributed by atoms with Gasteiger partial charge in [0, 0.05) is 37.8 Å². The molecule has 2 aromatic heterocycles. The van der Waals surface area contributed by atoms with E-state index in [2.05, 4.69) is 30.8 Å². The first-order chi connectivity index (χ1) is 20.8. The minimum Gasteiger partial charge on any atom is -0.462 e. The largest absolute Gasteiger partial charge is 0.462 e. The van der Waals surface area contributed by atoms with Crippen LogP contribution in [0.3, 0.4) is 0 Å². The van der Waals surface area contributed by atoms with Gasteiger partial charge in [-0.05, 0) is 62.4 Å². The number of carbonyl (C=O) groups excluding carboxylic acids is 1. The van der Waals surface area contributed by atoms with E-state index in [0.717, 1.165) is 30.5 Å². The van der Waals surface area contributed by atoms with Gasteiger partial charge in [0.25, 0.3) is 5.91 Å². The van der Waals surface area contributed by atoms with Crippen LogP contribution >= 0.6 is 0 Å². The predicted octanol–water partition coefficient (Wildman–Crippen LogP) is 4.41. The molecule has 2 fully saturated rings. The van der Waals surface area contributed by atoms with E-state index in [0.29, 0.717) is 36.4 Å². The number of alkyl halides is 1. The number of carbonyl (C=O) groups is 1. The quantitative estimate of drug-likeness (QED) is 0.375. The highest BCUT2D eigenvalue weighted by molar-refractivity contribution is 5.92. The number of likely N-dealkylation sites (N-methyl/N-ethyl adjacent to an activating group) is 1. The summed E-state index contributed by atoms with van der Waals surface area (Å²) in [5.41, 5.74) is 5.05. The number of likely N-dealkylation sites (tertiary alicyclic amines) is 1. The predicted molar refractivity (Wildman–Crippen MR) is 159 cm³/mol. The molecule has 43 heavy (non-hydrogen) atoms. The Morgan fingerprint density at radius 1 is 1.12 bits per heavy atom. The Morgan fingerprint density at radius 3 is 2.72 bits per heavy atom. The van der Waals surface area contributed by atoms with E-state index < -0.39 is 23.9 Å². The second-order valence-corrected chi connectivity index (χ2v) is 11.7. The monoisotopic (exact) mass is 587 g/mol. The number of ether oxygens (including phenoxy) is 1. The van der Waals surface area contributed by atoms with Gasteiger partial charge < -0.3 is 14.5 Å². The Balaban J connectivity index is 1.38. The lowest BCUT2D eigenvalue weighted by Gasteiger charge is -2.41. The molecule has 1 aliphatic carbocycles. The highest BCUT2D eigenvalue weighted by Crippen LogP contribution is 2.34. The van der Waals surface area contributed by atoms with Gasteiger partial charge in [-0.15, -0.1) is 0 Å². The van der Waals surface area contributed by atoms with Crippen molar-refractivity contribution in [3.63, 3.8) is 0 Å². The van der Waals surface area contributed by atoms with E-state index >= 15 is 0 Å². The van der Waals surface area contributed by atoms with E-state index in [4.69, 9.17) is 19.7 Å². The lowest BCUT2D eigenvalue weighted by atomic mass is 9.87. The zero-order chi connectivity index (χ0) is 30.1. The van der Waals surface area contributed by atoms with Gasteiger partial charge in [0.1, 0.15) is 18.6 Å². The van der Waals surface area contributed by atoms with Gasteiger partial charge in [0.2, 0.25) is 0 Å². The van der Waals surface area contributed by atoms with E-state index in [-0.39, 0.29) is 38.2 Å². The lowest BCUT2D eigenvalue weighted by molar-refractivity contribution is -0.131. The molecule has 0 radical (unpaired) electrons. The summed E-state index contributed by atoms with van der Waals surface area (Å²) < 4.78 is 33.8. The molecule has 9 nitrogen and oxygen atoms in total. The van der Waals surface area contributed by atoms with Crippen LogP contribution in [0, 0.1) is 11.3 Å². The third kappa shape index (κ3) is 5.89. The molecule has 0 saturated carbocycles. The average molecular weight is 588 g/mol. The first-order valence-corrected chi connectivity index (χ1v) is 14.9. The number of aryl methyl sites for hydroxylation is 1. The summed E-state index contributed by atoms with van der Waals surface area (Å²) in [5.74, 6) is -1.29. The summed E-state index contributed by atoms with van der Waals surface area (Å²) in [6.07, 6.45) is 3.91. The molecule has 0 spiro atoms. The molecule has 3 aromatic rings. The smallest absolute Gasteiger partial charge is 0.320 e. The van der Waals surface area contributed by atoms with Crippen molar-refractivity contribution in [2.45, 2.75) is 56.8 Å². The molecular formula is C32H35F2N7O2. The Bertz CT molecular complexity index is 1590. The number of hydrogen-bond acceptors (Lipinski definition) is 8. The van der Waals surface area contributed by atoms with Gasteiger partial charge in [-0.3, -0.25) is 9.69 Å². The third-order valence-corrected chi connectivity index (χ3v) is 8.84. The van der Waals surface area contributed by atoms with Crippen LogP contribution < -0.4 is 9.64 Å². The number of piperazine rings is 1. The maximum Gasteiger partial charge on any atom is 0.320 e. The molecule has 11 heteroatoms. The van der Waals surface area contributed by atoms with Crippen molar-refractivity contribution in [2.75, 3.05) is 44.7 Å². The summed E-state index contributed by atoms with van der Waals surface area (Å²) in [6.45, 7) is 4.56. The number of rotatable bonds is 7. The third-order valence-electron chi connectivity index (χ3n) is 8.84. The van der Waals surface area contributed by atoms with Crippen molar-refractivity contribution in [2.24, 2.45) is 0 Å². The first kappa shape index (κ1) is 28.9. The zero-order valence-corrected chi connectivity index (χ0v) is 24.3. The SMILES string of the molecule is C=C(F)C(=O)N1CCN(c2nc(OC[C@@H]3C[C@@H](F)CN3C)nc3nc(-c4cccc5c4CCCC5)ccc23)C[C@@H]1CC#N. The summed E-state index contributed by atoms with van der Waals surface area (Å²) >= 11 is 0. The summed E-state index contributed by atoms with van der Waals surface area (Å²) in [5, 5.41) is 10.2. The van der Waals surface area contributed by atoms with Crippen LogP contribution in [0.1, 0.15) is 36.8 Å². The standard InChI is InChI=1S/C32H35F2N7O2/c1-20(33)31(42)41-15-14-40(18-23(41)12-13-35)30-27-10-11-28(26-9-5-7-21-6-3-4-8-25(21)26)36-29(27)37-32(38-30)43-19-24-16-22(34)17-39(24)2/h5,7,9-11,22-24H,1,3-4,6,8,12,14-19H2,2H3/t22-,23+,24+/m1/s1. The number of nitrogens with zero attached hydrogens (tertiary/aromatic N) is 7. The molecule has 3 atom stereocenters. The zero-order valence-electron chi connectivity index (χ0n) is 24.3. The molecule has 224 valence electrons. The molecule has 1 amide bonds. The molecule has 4 heterocycles. The molecule has 0 unspecified atom stereocenters.